The number of methoxy groups -OCH3 is 1. The number of carbonyl (C=O) groups is 1. The Morgan fingerprint density at radius 2 is 1.80 bits per heavy atom. The lowest BCUT2D eigenvalue weighted by molar-refractivity contribution is 0.00354. The van der Waals surface area contributed by atoms with Crippen molar-refractivity contribution in [2.75, 3.05) is 13.7 Å². The molecule has 1 unspecified atom stereocenters. The van der Waals surface area contributed by atoms with Crippen LogP contribution in [0.1, 0.15) is 52.7 Å². The van der Waals surface area contributed by atoms with Gasteiger partial charge in [-0.15, -0.1) is 0 Å². The number of amides is 1. The Morgan fingerprint density at radius 3 is 2.32 bits per heavy atom. The molecule has 1 heterocycles. The molecular weight excluding hydrogens is 318 g/mol. The third kappa shape index (κ3) is 4.59. The molecule has 1 N–H and O–H groups in total. The molecule has 5 heteroatoms. The predicted octanol–water partition coefficient (Wildman–Crippen LogP) is 4.15. The molecule has 0 bridgehead atoms. The van der Waals surface area contributed by atoms with Gasteiger partial charge in [0.05, 0.1) is 7.11 Å². The number of phenolic OH excluding ortho intramolecular Hbond substituents is 1. The van der Waals surface area contributed by atoms with E-state index in [4.69, 9.17) is 9.47 Å². The molecule has 1 aromatic carbocycles. The highest BCUT2D eigenvalue weighted by Gasteiger charge is 2.37. The lowest BCUT2D eigenvalue weighted by Gasteiger charge is -2.39. The molecule has 0 spiro atoms. The number of hydrogen-bond donors (Lipinski definition) is 1. The highest BCUT2D eigenvalue weighted by atomic mass is 16.6. The number of benzene rings is 1. The topological polar surface area (TPSA) is 59.0 Å². The first-order chi connectivity index (χ1) is 11.4. The summed E-state index contributed by atoms with van der Waals surface area (Å²) in [7, 11) is 1.55. The van der Waals surface area contributed by atoms with Crippen molar-refractivity contribution < 1.29 is 19.4 Å². The van der Waals surface area contributed by atoms with Crippen molar-refractivity contribution in [3.63, 3.8) is 0 Å². The third-order valence-electron chi connectivity index (χ3n) is 4.54. The van der Waals surface area contributed by atoms with Crippen molar-refractivity contribution in [2.24, 2.45) is 5.41 Å². The lowest BCUT2D eigenvalue weighted by atomic mass is 9.82. The summed E-state index contributed by atoms with van der Waals surface area (Å²) in [5, 5.41) is 10.1. The maximum atomic E-state index is 12.8. The third-order valence-corrected chi connectivity index (χ3v) is 4.54. The van der Waals surface area contributed by atoms with Crippen molar-refractivity contribution in [3.8, 4) is 11.5 Å². The fourth-order valence-electron chi connectivity index (χ4n) is 3.27. The average molecular weight is 349 g/mol. The summed E-state index contributed by atoms with van der Waals surface area (Å²) >= 11 is 0. The Bertz CT molecular complexity index is 640. The van der Waals surface area contributed by atoms with Gasteiger partial charge in [-0.2, -0.15) is 0 Å². The van der Waals surface area contributed by atoms with Gasteiger partial charge in [0.2, 0.25) is 0 Å². The molecule has 0 aliphatic carbocycles. The van der Waals surface area contributed by atoms with Crippen LogP contribution >= 0.6 is 0 Å². The summed E-state index contributed by atoms with van der Waals surface area (Å²) in [5.74, 6) is 0.608. The zero-order valence-corrected chi connectivity index (χ0v) is 16.5. The van der Waals surface area contributed by atoms with E-state index >= 15 is 0 Å². The summed E-state index contributed by atoms with van der Waals surface area (Å²) in [6.07, 6.45) is 1.10. The van der Waals surface area contributed by atoms with E-state index in [0.29, 0.717) is 25.1 Å². The van der Waals surface area contributed by atoms with Crippen LogP contribution in [0.4, 0.5) is 4.79 Å². The van der Waals surface area contributed by atoms with Crippen LogP contribution in [0.5, 0.6) is 11.5 Å². The molecule has 5 nitrogen and oxygen atoms in total. The van der Waals surface area contributed by atoms with E-state index in [1.807, 2.05) is 31.7 Å². The minimum Gasteiger partial charge on any atom is -0.504 e. The van der Waals surface area contributed by atoms with Gasteiger partial charge in [0, 0.05) is 12.6 Å². The monoisotopic (exact) mass is 349 g/mol. The van der Waals surface area contributed by atoms with Crippen molar-refractivity contribution in [1.29, 1.82) is 0 Å². The molecule has 1 aliphatic heterocycles. The molecule has 140 valence electrons. The number of nitrogens with zero attached hydrogens (tertiary/aromatic N) is 1. The van der Waals surface area contributed by atoms with Crippen LogP contribution in [-0.4, -0.2) is 41.4 Å². The van der Waals surface area contributed by atoms with Crippen molar-refractivity contribution in [2.45, 2.75) is 66.0 Å². The number of hydrogen-bond acceptors (Lipinski definition) is 4. The number of carbonyl (C=O) groups excluding carboxylic acids is 1. The van der Waals surface area contributed by atoms with Gasteiger partial charge >= 0.3 is 6.09 Å². The van der Waals surface area contributed by atoms with Crippen LogP contribution in [0, 0.1) is 5.41 Å². The summed E-state index contributed by atoms with van der Waals surface area (Å²) in [5.41, 5.74) is 1.53. The van der Waals surface area contributed by atoms with Crippen molar-refractivity contribution in [3.05, 3.63) is 23.3 Å². The maximum absolute atomic E-state index is 12.8. The largest absolute Gasteiger partial charge is 0.504 e. The molecular formula is C20H31NO4. The Labute approximate surface area is 150 Å². The van der Waals surface area contributed by atoms with E-state index in [2.05, 4.69) is 20.8 Å². The van der Waals surface area contributed by atoms with Gasteiger partial charge in [0.1, 0.15) is 5.60 Å². The second-order valence-corrected chi connectivity index (χ2v) is 8.80. The molecule has 25 heavy (non-hydrogen) atoms. The van der Waals surface area contributed by atoms with E-state index in [-0.39, 0.29) is 23.3 Å². The summed E-state index contributed by atoms with van der Waals surface area (Å²) in [6, 6.07) is 3.65. The van der Waals surface area contributed by atoms with Crippen molar-refractivity contribution >= 4 is 6.09 Å². The summed E-state index contributed by atoms with van der Waals surface area (Å²) in [4.78, 5) is 14.6. The second-order valence-electron chi connectivity index (χ2n) is 8.80. The zero-order valence-electron chi connectivity index (χ0n) is 16.5. The van der Waals surface area contributed by atoms with Crippen LogP contribution < -0.4 is 4.74 Å². The number of aromatic hydroxyl groups is 1. The maximum Gasteiger partial charge on any atom is 0.410 e. The Hall–Kier alpha value is -1.91. The second kappa shape index (κ2) is 6.77. The number of ether oxygens (including phenoxy) is 2. The summed E-state index contributed by atoms with van der Waals surface area (Å²) < 4.78 is 10.9. The van der Waals surface area contributed by atoms with Gasteiger partial charge in [-0.25, -0.2) is 4.79 Å². The Kier molecular flexibility index (Phi) is 5.26. The quantitative estimate of drug-likeness (QED) is 0.827. The Balaban J connectivity index is 2.40. The molecule has 1 aromatic rings. The summed E-state index contributed by atoms with van der Waals surface area (Å²) in [6.45, 7) is 12.6. The molecule has 0 saturated carbocycles. The van der Waals surface area contributed by atoms with E-state index in [1.54, 1.807) is 13.2 Å². The molecule has 1 amide bonds. The van der Waals surface area contributed by atoms with Gasteiger partial charge in [-0.3, -0.25) is 0 Å². The van der Waals surface area contributed by atoms with Crippen LogP contribution in [0.2, 0.25) is 0 Å². The first kappa shape index (κ1) is 19.4. The fraction of sp³-hybridized carbons (Fsp3) is 0.650. The van der Waals surface area contributed by atoms with E-state index in [9.17, 15) is 9.90 Å². The molecule has 0 aromatic heterocycles. The SMILES string of the molecule is COc1cc2c(cc1O)CCN(C(=O)OC(C)(C)C)C(C(C)(C)C)C2. The van der Waals surface area contributed by atoms with Gasteiger partial charge in [-0.05, 0) is 62.3 Å². The highest BCUT2D eigenvalue weighted by Crippen LogP contribution is 2.36. The molecule has 0 radical (unpaired) electrons. The van der Waals surface area contributed by atoms with Crippen LogP contribution in [-0.2, 0) is 17.6 Å². The molecule has 1 atom stereocenters. The van der Waals surface area contributed by atoms with Gasteiger partial charge in [0.25, 0.3) is 0 Å². The van der Waals surface area contributed by atoms with Gasteiger partial charge in [-0.1, -0.05) is 20.8 Å². The first-order valence-corrected chi connectivity index (χ1v) is 8.81. The fourth-order valence-corrected chi connectivity index (χ4v) is 3.27. The van der Waals surface area contributed by atoms with Crippen LogP contribution in [0.3, 0.4) is 0 Å². The van der Waals surface area contributed by atoms with Crippen LogP contribution in [0.25, 0.3) is 0 Å². The van der Waals surface area contributed by atoms with Crippen LogP contribution in [0.15, 0.2) is 12.1 Å². The van der Waals surface area contributed by atoms with E-state index in [1.165, 1.54) is 0 Å². The van der Waals surface area contributed by atoms with Gasteiger partial charge in [0.15, 0.2) is 11.5 Å². The minimum atomic E-state index is -0.528. The molecule has 0 saturated heterocycles. The van der Waals surface area contributed by atoms with E-state index < -0.39 is 5.60 Å². The molecule has 2 rings (SSSR count). The van der Waals surface area contributed by atoms with E-state index in [0.717, 1.165) is 11.1 Å². The Morgan fingerprint density at radius 1 is 1.16 bits per heavy atom. The number of fused-ring (bicyclic) bond motifs is 1. The van der Waals surface area contributed by atoms with Crippen molar-refractivity contribution in [1.82, 2.24) is 4.90 Å². The standard InChI is InChI=1S/C20H31NO4/c1-19(2,3)17-12-14-11-16(24-7)15(22)10-13(14)8-9-21(17)18(23)25-20(4,5)6/h10-11,17,22H,8-9,12H2,1-7H3. The normalized spacial score (nSPS) is 18.4. The molecule has 1 aliphatic rings. The number of phenols is 1. The average Bonchev–Trinajstić information content (AvgIpc) is 2.63. The minimum absolute atomic E-state index is 0.00199. The lowest BCUT2D eigenvalue weighted by Crippen LogP contribution is -2.50. The first-order valence-electron chi connectivity index (χ1n) is 8.81. The zero-order chi connectivity index (χ0) is 19.0. The highest BCUT2D eigenvalue weighted by molar-refractivity contribution is 5.69. The predicted molar refractivity (Wildman–Crippen MR) is 98.2 cm³/mol. The number of rotatable bonds is 1. The van der Waals surface area contributed by atoms with Gasteiger partial charge < -0.3 is 19.5 Å². The molecule has 0 fully saturated rings. The smallest absolute Gasteiger partial charge is 0.410 e.